The summed E-state index contributed by atoms with van der Waals surface area (Å²) >= 11 is 0. The Bertz CT molecular complexity index is 130. The third-order valence-electron chi connectivity index (χ3n) is 3.28. The summed E-state index contributed by atoms with van der Waals surface area (Å²) in [5, 5.41) is 9.34. The van der Waals surface area contributed by atoms with Crippen LogP contribution in [0.15, 0.2) is 0 Å². The lowest BCUT2D eigenvalue weighted by atomic mass is 9.85. The minimum Gasteiger partial charge on any atom is -0.393 e. The van der Waals surface area contributed by atoms with E-state index in [-0.39, 0.29) is 6.10 Å². The summed E-state index contributed by atoms with van der Waals surface area (Å²) in [6.07, 6.45) is 5.84. The van der Waals surface area contributed by atoms with Gasteiger partial charge in [0.05, 0.1) is 6.10 Å². The number of rotatable bonds is 4. The van der Waals surface area contributed by atoms with Crippen LogP contribution in [0.5, 0.6) is 0 Å². The molecule has 0 aromatic rings. The molecule has 0 atom stereocenters. The van der Waals surface area contributed by atoms with Crippen LogP contribution in [0.25, 0.3) is 0 Å². The Hall–Kier alpha value is -0.0800. The lowest BCUT2D eigenvalue weighted by Gasteiger charge is -2.26. The zero-order valence-corrected chi connectivity index (χ0v) is 9.00. The van der Waals surface area contributed by atoms with Gasteiger partial charge in [-0.3, -0.25) is 0 Å². The highest BCUT2D eigenvalue weighted by Gasteiger charge is 2.18. The summed E-state index contributed by atoms with van der Waals surface area (Å²) in [5.41, 5.74) is 0. The predicted octanol–water partition coefficient (Wildman–Crippen LogP) is 1.88. The Balaban J connectivity index is 2.08. The van der Waals surface area contributed by atoms with Crippen molar-refractivity contribution in [2.24, 2.45) is 5.92 Å². The second kappa shape index (κ2) is 5.61. The van der Waals surface area contributed by atoms with E-state index in [0.717, 1.165) is 25.3 Å². The van der Waals surface area contributed by atoms with Crippen LogP contribution in [0.2, 0.25) is 0 Å². The summed E-state index contributed by atoms with van der Waals surface area (Å²) in [7, 11) is 2.18. The highest BCUT2D eigenvalue weighted by Crippen LogP contribution is 2.26. The van der Waals surface area contributed by atoms with Crippen molar-refractivity contribution in [3.05, 3.63) is 0 Å². The van der Waals surface area contributed by atoms with E-state index in [2.05, 4.69) is 18.9 Å². The van der Waals surface area contributed by atoms with Gasteiger partial charge in [0.2, 0.25) is 0 Å². The normalized spacial score (nSPS) is 29.5. The van der Waals surface area contributed by atoms with Gasteiger partial charge in [0.25, 0.3) is 0 Å². The molecule has 1 aliphatic rings. The van der Waals surface area contributed by atoms with Gasteiger partial charge in [0.1, 0.15) is 0 Å². The number of nitrogens with zero attached hydrogens (tertiary/aromatic N) is 1. The maximum Gasteiger partial charge on any atom is 0.0540 e. The number of aliphatic hydroxyl groups is 1. The minimum atomic E-state index is 0.000143. The molecule has 1 fully saturated rings. The first-order chi connectivity index (χ1) is 6.22. The monoisotopic (exact) mass is 185 g/mol. The van der Waals surface area contributed by atoms with Crippen LogP contribution in [-0.2, 0) is 0 Å². The first kappa shape index (κ1) is 11.0. The van der Waals surface area contributed by atoms with Gasteiger partial charge in [0, 0.05) is 0 Å². The fourth-order valence-corrected chi connectivity index (χ4v) is 1.99. The Labute approximate surface area is 81.9 Å². The van der Waals surface area contributed by atoms with Crippen LogP contribution in [0.3, 0.4) is 0 Å². The average Bonchev–Trinajstić information content (AvgIpc) is 2.16. The molecule has 0 bridgehead atoms. The van der Waals surface area contributed by atoms with E-state index in [1.54, 1.807) is 0 Å². The van der Waals surface area contributed by atoms with E-state index in [0.29, 0.717) is 0 Å². The number of hydrogen-bond acceptors (Lipinski definition) is 2. The number of hydrogen-bond donors (Lipinski definition) is 1. The van der Waals surface area contributed by atoms with Crippen LogP contribution in [0.1, 0.15) is 39.0 Å². The molecule has 0 aromatic heterocycles. The molecule has 0 aromatic carbocycles. The third kappa shape index (κ3) is 4.10. The van der Waals surface area contributed by atoms with Gasteiger partial charge in [0.15, 0.2) is 0 Å². The van der Waals surface area contributed by atoms with Gasteiger partial charge < -0.3 is 10.0 Å². The smallest absolute Gasteiger partial charge is 0.0540 e. The van der Waals surface area contributed by atoms with Crippen molar-refractivity contribution in [1.29, 1.82) is 0 Å². The summed E-state index contributed by atoms with van der Waals surface area (Å²) in [5.74, 6) is 0.873. The van der Waals surface area contributed by atoms with Crippen molar-refractivity contribution in [2.45, 2.75) is 45.1 Å². The largest absolute Gasteiger partial charge is 0.393 e. The van der Waals surface area contributed by atoms with E-state index >= 15 is 0 Å². The van der Waals surface area contributed by atoms with E-state index < -0.39 is 0 Å². The average molecular weight is 185 g/mol. The van der Waals surface area contributed by atoms with Crippen LogP contribution in [0.4, 0.5) is 0 Å². The van der Waals surface area contributed by atoms with Crippen molar-refractivity contribution < 1.29 is 5.11 Å². The van der Waals surface area contributed by atoms with Crippen molar-refractivity contribution >= 4 is 0 Å². The molecular formula is C11H23NO. The molecule has 0 heterocycles. The first-order valence-electron chi connectivity index (χ1n) is 5.59. The van der Waals surface area contributed by atoms with Crippen LogP contribution in [0, 0.1) is 5.92 Å². The SMILES string of the molecule is CCN(C)CCC1CCC(O)CC1. The molecule has 0 aliphatic heterocycles. The van der Waals surface area contributed by atoms with Crippen molar-refractivity contribution in [3.8, 4) is 0 Å². The number of aliphatic hydroxyl groups excluding tert-OH is 1. The predicted molar refractivity (Wildman–Crippen MR) is 55.8 cm³/mol. The van der Waals surface area contributed by atoms with Gasteiger partial charge in [-0.15, -0.1) is 0 Å². The lowest BCUT2D eigenvalue weighted by molar-refractivity contribution is 0.103. The van der Waals surface area contributed by atoms with Gasteiger partial charge in [-0.2, -0.15) is 0 Å². The fourth-order valence-electron chi connectivity index (χ4n) is 1.99. The minimum absolute atomic E-state index is 0.000143. The van der Waals surface area contributed by atoms with Crippen molar-refractivity contribution in [1.82, 2.24) is 4.90 Å². The van der Waals surface area contributed by atoms with Crippen LogP contribution >= 0.6 is 0 Å². The maximum absolute atomic E-state index is 9.34. The highest BCUT2D eigenvalue weighted by molar-refractivity contribution is 4.72. The summed E-state index contributed by atoms with van der Waals surface area (Å²) in [4.78, 5) is 2.37. The standard InChI is InChI=1S/C11H23NO/c1-3-12(2)9-8-10-4-6-11(13)7-5-10/h10-11,13H,3-9H2,1-2H3. The summed E-state index contributed by atoms with van der Waals surface area (Å²) < 4.78 is 0. The molecule has 0 amide bonds. The van der Waals surface area contributed by atoms with Gasteiger partial charge >= 0.3 is 0 Å². The lowest BCUT2D eigenvalue weighted by Crippen LogP contribution is -2.24. The zero-order valence-electron chi connectivity index (χ0n) is 9.00. The topological polar surface area (TPSA) is 23.5 Å². The van der Waals surface area contributed by atoms with E-state index in [4.69, 9.17) is 0 Å². The third-order valence-corrected chi connectivity index (χ3v) is 3.28. The van der Waals surface area contributed by atoms with Gasteiger partial charge in [-0.05, 0) is 58.2 Å². The highest BCUT2D eigenvalue weighted by atomic mass is 16.3. The van der Waals surface area contributed by atoms with E-state index in [1.165, 1.54) is 25.8 Å². The second-order valence-corrected chi connectivity index (χ2v) is 4.36. The quantitative estimate of drug-likeness (QED) is 0.723. The molecule has 1 N–H and O–H groups in total. The molecule has 13 heavy (non-hydrogen) atoms. The fraction of sp³-hybridized carbons (Fsp3) is 1.00. The Kier molecular flexibility index (Phi) is 4.74. The molecule has 1 rings (SSSR count). The molecule has 1 saturated carbocycles. The van der Waals surface area contributed by atoms with E-state index in [1.807, 2.05) is 0 Å². The summed E-state index contributed by atoms with van der Waals surface area (Å²) in [6, 6.07) is 0. The molecular weight excluding hydrogens is 162 g/mol. The first-order valence-corrected chi connectivity index (χ1v) is 5.59. The Morgan fingerprint density at radius 1 is 1.23 bits per heavy atom. The van der Waals surface area contributed by atoms with Crippen LogP contribution < -0.4 is 0 Å². The molecule has 0 unspecified atom stereocenters. The molecule has 1 aliphatic carbocycles. The van der Waals surface area contributed by atoms with Gasteiger partial charge in [-0.25, -0.2) is 0 Å². The Morgan fingerprint density at radius 3 is 2.38 bits per heavy atom. The van der Waals surface area contributed by atoms with Gasteiger partial charge in [-0.1, -0.05) is 6.92 Å². The summed E-state index contributed by atoms with van der Waals surface area (Å²) in [6.45, 7) is 4.57. The Morgan fingerprint density at radius 2 is 1.85 bits per heavy atom. The second-order valence-electron chi connectivity index (χ2n) is 4.36. The molecule has 2 nitrogen and oxygen atoms in total. The molecule has 2 heteroatoms. The van der Waals surface area contributed by atoms with Crippen LogP contribution in [-0.4, -0.2) is 36.2 Å². The molecule has 0 saturated heterocycles. The maximum atomic E-state index is 9.34. The zero-order chi connectivity index (χ0) is 9.68. The van der Waals surface area contributed by atoms with Crippen molar-refractivity contribution in [2.75, 3.05) is 20.1 Å². The molecule has 0 radical (unpaired) electrons. The molecule has 0 spiro atoms. The van der Waals surface area contributed by atoms with E-state index in [9.17, 15) is 5.11 Å². The van der Waals surface area contributed by atoms with Crippen molar-refractivity contribution in [3.63, 3.8) is 0 Å². The molecule has 78 valence electrons.